The Morgan fingerprint density at radius 1 is 1.15 bits per heavy atom. The van der Waals surface area contributed by atoms with Gasteiger partial charge in [0, 0.05) is 19.2 Å². The van der Waals surface area contributed by atoms with Crippen molar-refractivity contribution in [2.75, 3.05) is 33.9 Å². The average molecular weight is 363 g/mol. The Balaban J connectivity index is 1.86. The van der Waals surface area contributed by atoms with Crippen molar-refractivity contribution in [3.05, 3.63) is 29.8 Å². The number of carbonyl (C=O) groups excluding carboxylic acids is 2. The SMILES string of the molecule is COc1ccc(/C=C/C(=O)OCC(=O)N2CC(C)OC(C)C2)cc1OC. The van der Waals surface area contributed by atoms with Crippen LogP contribution in [-0.2, 0) is 19.1 Å². The first-order valence-corrected chi connectivity index (χ1v) is 8.43. The van der Waals surface area contributed by atoms with Gasteiger partial charge in [0.1, 0.15) is 0 Å². The van der Waals surface area contributed by atoms with Gasteiger partial charge in [-0.1, -0.05) is 6.07 Å². The summed E-state index contributed by atoms with van der Waals surface area (Å²) in [5, 5.41) is 0. The molecule has 1 heterocycles. The van der Waals surface area contributed by atoms with E-state index in [4.69, 9.17) is 18.9 Å². The zero-order chi connectivity index (χ0) is 19.1. The number of methoxy groups -OCH3 is 2. The van der Waals surface area contributed by atoms with Gasteiger partial charge in [0.05, 0.1) is 26.4 Å². The molecule has 2 unspecified atom stereocenters. The van der Waals surface area contributed by atoms with Gasteiger partial charge in [0.2, 0.25) is 0 Å². The van der Waals surface area contributed by atoms with E-state index >= 15 is 0 Å². The molecule has 2 rings (SSSR count). The molecule has 1 aliphatic rings. The highest BCUT2D eigenvalue weighted by Gasteiger charge is 2.26. The predicted octanol–water partition coefficient (Wildman–Crippen LogP) is 1.90. The van der Waals surface area contributed by atoms with E-state index < -0.39 is 5.97 Å². The summed E-state index contributed by atoms with van der Waals surface area (Å²) in [5.41, 5.74) is 0.752. The molecule has 1 saturated heterocycles. The number of morpholine rings is 1. The molecule has 7 heteroatoms. The van der Waals surface area contributed by atoms with E-state index in [1.165, 1.54) is 6.08 Å². The van der Waals surface area contributed by atoms with Gasteiger partial charge in [-0.05, 0) is 37.6 Å². The Labute approximate surface area is 153 Å². The van der Waals surface area contributed by atoms with Crippen molar-refractivity contribution in [1.29, 1.82) is 0 Å². The van der Waals surface area contributed by atoms with Crippen molar-refractivity contribution >= 4 is 18.0 Å². The molecule has 26 heavy (non-hydrogen) atoms. The summed E-state index contributed by atoms with van der Waals surface area (Å²) in [6, 6.07) is 5.27. The summed E-state index contributed by atoms with van der Waals surface area (Å²) in [4.78, 5) is 25.7. The van der Waals surface area contributed by atoms with E-state index in [-0.39, 0.29) is 24.7 Å². The van der Waals surface area contributed by atoms with E-state index in [0.29, 0.717) is 24.6 Å². The number of rotatable bonds is 6. The molecule has 142 valence electrons. The second kappa shape index (κ2) is 9.24. The highest BCUT2D eigenvalue weighted by Crippen LogP contribution is 2.27. The monoisotopic (exact) mass is 363 g/mol. The largest absolute Gasteiger partial charge is 0.493 e. The van der Waals surface area contributed by atoms with Gasteiger partial charge < -0.3 is 23.8 Å². The van der Waals surface area contributed by atoms with Crippen molar-refractivity contribution in [1.82, 2.24) is 4.90 Å². The van der Waals surface area contributed by atoms with Crippen LogP contribution in [0.3, 0.4) is 0 Å². The molecule has 0 spiro atoms. The maximum atomic E-state index is 12.2. The Morgan fingerprint density at radius 3 is 2.42 bits per heavy atom. The maximum absolute atomic E-state index is 12.2. The number of esters is 1. The van der Waals surface area contributed by atoms with Crippen molar-refractivity contribution in [2.24, 2.45) is 0 Å². The van der Waals surface area contributed by atoms with Gasteiger partial charge in [-0.15, -0.1) is 0 Å². The summed E-state index contributed by atoms with van der Waals surface area (Å²) in [6.45, 7) is 4.54. The van der Waals surface area contributed by atoms with E-state index in [2.05, 4.69) is 0 Å². The maximum Gasteiger partial charge on any atom is 0.331 e. The highest BCUT2D eigenvalue weighted by atomic mass is 16.5. The molecular formula is C19H25NO6. The zero-order valence-electron chi connectivity index (χ0n) is 15.6. The number of hydrogen-bond acceptors (Lipinski definition) is 6. The van der Waals surface area contributed by atoms with Crippen molar-refractivity contribution < 1.29 is 28.5 Å². The topological polar surface area (TPSA) is 74.3 Å². The smallest absolute Gasteiger partial charge is 0.331 e. The fourth-order valence-electron chi connectivity index (χ4n) is 2.77. The van der Waals surface area contributed by atoms with Gasteiger partial charge >= 0.3 is 5.97 Å². The van der Waals surface area contributed by atoms with Crippen LogP contribution in [0.25, 0.3) is 6.08 Å². The lowest BCUT2D eigenvalue weighted by atomic mass is 10.2. The van der Waals surface area contributed by atoms with Crippen LogP contribution >= 0.6 is 0 Å². The highest BCUT2D eigenvalue weighted by molar-refractivity contribution is 5.89. The molecule has 2 atom stereocenters. The van der Waals surface area contributed by atoms with Gasteiger partial charge in [0.25, 0.3) is 5.91 Å². The van der Waals surface area contributed by atoms with Crippen LogP contribution in [0.1, 0.15) is 19.4 Å². The standard InChI is InChI=1S/C19H25NO6/c1-13-10-20(11-14(2)26-13)18(21)12-25-19(22)8-6-15-5-7-16(23-3)17(9-15)24-4/h5-9,13-14H,10-12H2,1-4H3/b8-6+. The van der Waals surface area contributed by atoms with Crippen molar-refractivity contribution in [3.8, 4) is 11.5 Å². The molecule has 0 radical (unpaired) electrons. The summed E-state index contributed by atoms with van der Waals surface area (Å²) < 4.78 is 21.0. The second-order valence-corrected chi connectivity index (χ2v) is 6.11. The number of amides is 1. The Morgan fingerprint density at radius 2 is 1.81 bits per heavy atom. The second-order valence-electron chi connectivity index (χ2n) is 6.11. The Kier molecular flexibility index (Phi) is 7.03. The first-order chi connectivity index (χ1) is 12.4. The van der Waals surface area contributed by atoms with E-state index in [1.807, 2.05) is 13.8 Å². The molecular weight excluding hydrogens is 338 g/mol. The minimum Gasteiger partial charge on any atom is -0.493 e. The minimum absolute atomic E-state index is 0.0247. The van der Waals surface area contributed by atoms with Gasteiger partial charge in [-0.2, -0.15) is 0 Å². The minimum atomic E-state index is -0.581. The first kappa shape index (κ1) is 19.8. The van der Waals surface area contributed by atoms with Crippen LogP contribution in [0, 0.1) is 0 Å². The fourth-order valence-corrected chi connectivity index (χ4v) is 2.77. The molecule has 0 N–H and O–H groups in total. The first-order valence-electron chi connectivity index (χ1n) is 8.43. The number of carbonyl (C=O) groups is 2. The Hall–Kier alpha value is -2.54. The van der Waals surface area contributed by atoms with E-state index in [1.54, 1.807) is 43.4 Å². The van der Waals surface area contributed by atoms with Crippen LogP contribution in [-0.4, -0.2) is 62.9 Å². The lowest BCUT2D eigenvalue weighted by molar-refractivity contribution is -0.154. The van der Waals surface area contributed by atoms with E-state index in [0.717, 1.165) is 5.56 Å². The molecule has 0 aliphatic carbocycles. The number of ether oxygens (including phenoxy) is 4. The quantitative estimate of drug-likeness (QED) is 0.568. The normalized spacial score (nSPS) is 20.1. The molecule has 1 aliphatic heterocycles. The van der Waals surface area contributed by atoms with Crippen molar-refractivity contribution in [2.45, 2.75) is 26.1 Å². The Bertz CT molecular complexity index is 662. The molecule has 7 nitrogen and oxygen atoms in total. The molecule has 0 saturated carbocycles. The lowest BCUT2D eigenvalue weighted by Gasteiger charge is -2.35. The van der Waals surface area contributed by atoms with Crippen LogP contribution in [0.2, 0.25) is 0 Å². The van der Waals surface area contributed by atoms with Crippen LogP contribution in [0.4, 0.5) is 0 Å². The summed E-state index contributed by atoms with van der Waals surface area (Å²) in [5.74, 6) is 0.364. The summed E-state index contributed by atoms with van der Waals surface area (Å²) in [7, 11) is 3.09. The number of benzene rings is 1. The lowest BCUT2D eigenvalue weighted by Crippen LogP contribution is -2.49. The molecule has 1 aromatic carbocycles. The fraction of sp³-hybridized carbons (Fsp3) is 0.474. The third-order valence-electron chi connectivity index (χ3n) is 3.93. The molecule has 0 bridgehead atoms. The van der Waals surface area contributed by atoms with Gasteiger partial charge in [-0.3, -0.25) is 4.79 Å². The van der Waals surface area contributed by atoms with Crippen molar-refractivity contribution in [3.63, 3.8) is 0 Å². The molecule has 1 aromatic rings. The number of hydrogen-bond donors (Lipinski definition) is 0. The van der Waals surface area contributed by atoms with Crippen LogP contribution < -0.4 is 9.47 Å². The summed E-state index contributed by atoms with van der Waals surface area (Å²) in [6.07, 6.45) is 2.82. The molecule has 1 fully saturated rings. The summed E-state index contributed by atoms with van der Waals surface area (Å²) >= 11 is 0. The zero-order valence-corrected chi connectivity index (χ0v) is 15.6. The van der Waals surface area contributed by atoms with Gasteiger partial charge in [-0.25, -0.2) is 4.79 Å². The number of nitrogens with zero attached hydrogens (tertiary/aromatic N) is 1. The van der Waals surface area contributed by atoms with Crippen LogP contribution in [0.5, 0.6) is 11.5 Å². The van der Waals surface area contributed by atoms with E-state index in [9.17, 15) is 9.59 Å². The van der Waals surface area contributed by atoms with Crippen LogP contribution in [0.15, 0.2) is 24.3 Å². The predicted molar refractivity (Wildman–Crippen MR) is 96.1 cm³/mol. The molecule has 0 aromatic heterocycles. The average Bonchev–Trinajstić information content (AvgIpc) is 2.63. The third-order valence-corrected chi connectivity index (χ3v) is 3.93. The third kappa shape index (κ3) is 5.49. The molecule has 1 amide bonds. The van der Waals surface area contributed by atoms with Gasteiger partial charge in [0.15, 0.2) is 18.1 Å².